The average Bonchev–Trinajstić information content (AvgIpc) is 1.58. The van der Waals surface area contributed by atoms with Crippen molar-refractivity contribution in [1.29, 1.82) is 0 Å². The Hall–Kier alpha value is -6.67. The van der Waals surface area contributed by atoms with Crippen LogP contribution in [0.5, 0.6) is 5.75 Å². The van der Waals surface area contributed by atoms with Gasteiger partial charge in [0.15, 0.2) is 38.8 Å². The van der Waals surface area contributed by atoms with Gasteiger partial charge < -0.3 is 37.7 Å². The molecule has 0 saturated heterocycles. The van der Waals surface area contributed by atoms with E-state index in [2.05, 4.69) is 132 Å². The summed E-state index contributed by atoms with van der Waals surface area (Å²) in [6.07, 6.45) is 1.17. The van der Waals surface area contributed by atoms with E-state index < -0.39 is 50.0 Å². The lowest BCUT2D eigenvalue weighted by Gasteiger charge is -2.46. The molecule has 0 bridgehead atoms. The Bertz CT molecular complexity index is 3800. The van der Waals surface area contributed by atoms with Crippen molar-refractivity contribution >= 4 is 98.6 Å². The topological polar surface area (TPSA) is 197 Å². The van der Waals surface area contributed by atoms with E-state index in [0.29, 0.717) is 95.1 Å². The third-order valence-corrected chi connectivity index (χ3v) is 24.8. The summed E-state index contributed by atoms with van der Waals surface area (Å²) >= 11 is 2.87. The summed E-state index contributed by atoms with van der Waals surface area (Å²) in [6.45, 7) is 23.5. The minimum absolute atomic E-state index is 0.0374. The summed E-state index contributed by atoms with van der Waals surface area (Å²) < 4.78 is 83.5. The van der Waals surface area contributed by atoms with Crippen LogP contribution in [0.4, 0.5) is 26.0 Å². The maximum atomic E-state index is 15.5. The van der Waals surface area contributed by atoms with Crippen molar-refractivity contribution < 1.29 is 54.8 Å². The lowest BCUT2D eigenvalue weighted by atomic mass is 10.1. The minimum Gasteiger partial charge on any atom is -0.491 e. The first-order chi connectivity index (χ1) is 42.8. The van der Waals surface area contributed by atoms with E-state index in [-0.39, 0.29) is 47.9 Å². The number of aromatic nitrogens is 4. The number of likely N-dealkylation sites (N-methyl/N-ethyl adjacent to an activating group) is 1. The predicted molar refractivity (Wildman–Crippen MR) is 367 cm³/mol. The number of quaternary nitrogens is 1. The van der Waals surface area contributed by atoms with Crippen LogP contribution in [-0.4, -0.2) is 156 Å². The number of fused-ring (bicyclic) bond motifs is 1. The Balaban J connectivity index is 1.22. The van der Waals surface area contributed by atoms with Gasteiger partial charge in [-0.15, -0.1) is 21.5 Å². The summed E-state index contributed by atoms with van der Waals surface area (Å²) in [5, 5.41) is 12.0. The van der Waals surface area contributed by atoms with E-state index in [1.807, 2.05) is 42.2 Å². The summed E-state index contributed by atoms with van der Waals surface area (Å²) in [6, 6.07) is 36.4. The van der Waals surface area contributed by atoms with Crippen molar-refractivity contribution in [3.05, 3.63) is 142 Å². The van der Waals surface area contributed by atoms with E-state index in [1.165, 1.54) is 35.5 Å². The zero-order valence-electron chi connectivity index (χ0n) is 55.2. The molecule has 1 N–H and O–H groups in total. The number of rotatable bonds is 29. The Labute approximate surface area is 546 Å². The number of anilines is 2. The number of nitrogens with zero attached hydrogens (tertiary/aromatic N) is 8. The molecule has 1 unspecified atom stereocenters. The molecule has 24 heteroatoms. The van der Waals surface area contributed by atoms with Gasteiger partial charge in [-0.2, -0.15) is 13.4 Å². The fraction of sp³-hybridized carbons (Fsp3) is 0.463. The van der Waals surface area contributed by atoms with Gasteiger partial charge >= 0.3 is 12.1 Å². The van der Waals surface area contributed by atoms with Crippen molar-refractivity contribution in [2.24, 2.45) is 4.99 Å². The van der Waals surface area contributed by atoms with Crippen molar-refractivity contribution in [2.45, 2.75) is 130 Å². The second-order valence-electron chi connectivity index (χ2n) is 26.6. The number of benzene rings is 4. The van der Waals surface area contributed by atoms with Crippen molar-refractivity contribution in [3.63, 3.8) is 0 Å². The van der Waals surface area contributed by atoms with Gasteiger partial charge in [-0.1, -0.05) is 136 Å². The smallest absolute Gasteiger partial charge is 0.410 e. The van der Waals surface area contributed by atoms with Crippen LogP contribution >= 0.6 is 22.7 Å². The molecule has 91 heavy (non-hydrogen) atoms. The number of para-hydroxylation sites is 1. The Kier molecular flexibility index (Phi) is 24.7. The van der Waals surface area contributed by atoms with Crippen LogP contribution < -0.4 is 24.8 Å². The monoisotopic (exact) mass is 1340 g/mol. The van der Waals surface area contributed by atoms with Gasteiger partial charge in [-0.3, -0.25) is 9.12 Å². The van der Waals surface area contributed by atoms with E-state index >= 15 is 4.39 Å². The molecule has 0 aliphatic carbocycles. The molecule has 4 aromatic carbocycles. The molecule has 490 valence electrons. The zero-order valence-corrected chi connectivity index (χ0v) is 59.6. The molecule has 3 aromatic heterocycles. The van der Waals surface area contributed by atoms with Crippen LogP contribution in [0.1, 0.15) is 93.7 Å². The summed E-state index contributed by atoms with van der Waals surface area (Å²) in [5.41, 5.74) is 1.64. The van der Waals surface area contributed by atoms with Gasteiger partial charge in [0.05, 0.1) is 63.0 Å². The fourth-order valence-electron chi connectivity index (χ4n) is 10.4. The number of hydrogen-bond acceptors (Lipinski definition) is 16. The lowest BCUT2D eigenvalue weighted by molar-refractivity contribution is -0.893. The molecular formula is C67H90FN8O10S3Si2+. The van der Waals surface area contributed by atoms with Gasteiger partial charge in [0.25, 0.3) is 18.4 Å². The maximum Gasteiger partial charge on any atom is 0.410 e. The molecule has 0 saturated carbocycles. The molecule has 0 fully saturated rings. The van der Waals surface area contributed by atoms with Crippen LogP contribution in [0.3, 0.4) is 0 Å². The van der Waals surface area contributed by atoms with Crippen molar-refractivity contribution in [1.82, 2.24) is 24.6 Å². The number of thiazole rings is 2. The standard InChI is InChI=1S/C67H89FN8O10S3Si2/c1-49-45-59(71-72-61(49)70-64-75(48-83-42-44-90(12,13)14)55-33-21-22-34-57(55)87-64)74(63-69-60(62(77)82-11)58(88-63)35-25-41-84-56-37-36-50(46-54(56)68)27-23-38-73(8)65(78)85-66(2,3)4)39-24-28-51(47-76(9,10)40-26-43-89(79,80)81)86-91(67(5,6)7,52-29-17-15-18-30-52)53-31-19-16-20-32-53/h15-22,29-34,36-37,45-46,51H,24-26,28,35,38-44,47-48H2,1-14H3/p+1. The van der Waals surface area contributed by atoms with Crippen LogP contribution in [0, 0.1) is 24.6 Å². The zero-order chi connectivity index (χ0) is 66.4. The molecule has 0 spiro atoms. The number of halogens is 1. The maximum absolute atomic E-state index is 15.5. The third-order valence-electron chi connectivity index (χ3n) is 15.0. The SMILES string of the molecule is COC(=O)c1nc(N(CCCC(C[N+](C)(C)CCCS(=O)(=O)O)O[Si](c2ccccc2)(c2ccccc2)C(C)(C)C)c2cc(C)c(N=c3sc4ccccc4n3COCC[Si](C)(C)C)nn2)sc1CCCOc1ccc(C#CCN(C)C(=O)OC(C)(C)C)cc1F. The second kappa shape index (κ2) is 31.3. The quantitative estimate of drug-likeness (QED) is 0.0116. The highest BCUT2D eigenvalue weighted by Gasteiger charge is 2.52. The highest BCUT2D eigenvalue weighted by molar-refractivity contribution is 7.85. The van der Waals surface area contributed by atoms with Crippen molar-refractivity contribution in [3.8, 4) is 17.6 Å². The normalized spacial score (nSPS) is 13.0. The molecular weight excluding hydrogens is 1250 g/mol. The van der Waals surface area contributed by atoms with Crippen LogP contribution in [0.15, 0.2) is 114 Å². The number of amides is 1. The number of hydrogen-bond donors (Lipinski definition) is 1. The van der Waals surface area contributed by atoms with Gasteiger partial charge in [0.2, 0.25) is 0 Å². The lowest BCUT2D eigenvalue weighted by Crippen LogP contribution is -2.68. The molecule has 18 nitrogen and oxygen atoms in total. The minimum atomic E-state index is -4.18. The van der Waals surface area contributed by atoms with Crippen molar-refractivity contribution in [2.75, 3.05) is 78.3 Å². The molecule has 0 aliphatic rings. The second-order valence-corrected chi connectivity index (χ2v) is 40.1. The van der Waals surface area contributed by atoms with Gasteiger partial charge in [-0.25, -0.2) is 19.0 Å². The highest BCUT2D eigenvalue weighted by Crippen LogP contribution is 2.39. The molecule has 1 atom stereocenters. The third kappa shape index (κ3) is 20.7. The molecule has 0 aliphatic heterocycles. The number of aryl methyl sites for hydroxylation is 2. The Morgan fingerprint density at radius 3 is 2.16 bits per heavy atom. The molecule has 0 radical (unpaired) electrons. The first kappa shape index (κ1) is 71.8. The van der Waals surface area contributed by atoms with E-state index in [0.717, 1.165) is 32.2 Å². The van der Waals surface area contributed by atoms with Crippen LogP contribution in [0.25, 0.3) is 10.2 Å². The number of ether oxygens (including phenoxy) is 4. The number of esters is 1. The number of carbonyl (C=O) groups excluding carboxylic acids is 2. The number of carbonyl (C=O) groups is 2. The van der Waals surface area contributed by atoms with Gasteiger partial charge in [-0.05, 0) is 117 Å². The first-order valence-corrected chi connectivity index (χ1v) is 39.5. The Morgan fingerprint density at radius 1 is 0.879 bits per heavy atom. The van der Waals surface area contributed by atoms with E-state index in [4.69, 9.17) is 43.5 Å². The molecule has 1 amide bonds. The largest absolute Gasteiger partial charge is 0.491 e. The van der Waals surface area contributed by atoms with Crippen LogP contribution in [-0.2, 0) is 41.9 Å². The van der Waals surface area contributed by atoms with Gasteiger partial charge in [0, 0.05) is 45.1 Å². The summed E-state index contributed by atoms with van der Waals surface area (Å²) in [5.74, 6) is 5.15. The Morgan fingerprint density at radius 2 is 1.55 bits per heavy atom. The summed E-state index contributed by atoms with van der Waals surface area (Å²) in [7, 11) is -1.66. The first-order valence-electron chi connectivity index (χ1n) is 30.7. The van der Waals surface area contributed by atoms with Gasteiger partial charge in [0.1, 0.15) is 18.9 Å². The number of methoxy groups -OCH3 is 1. The summed E-state index contributed by atoms with van der Waals surface area (Å²) in [4.78, 5) is 40.9. The highest BCUT2D eigenvalue weighted by atomic mass is 32.2. The molecule has 7 rings (SSSR count). The molecule has 3 heterocycles. The van der Waals surface area contributed by atoms with E-state index in [9.17, 15) is 22.6 Å². The fourth-order valence-corrected chi connectivity index (χ4v) is 18.6. The van der Waals surface area contributed by atoms with E-state index in [1.54, 1.807) is 45.2 Å². The molecule has 7 aromatic rings. The average molecular weight is 1340 g/mol. The predicted octanol–water partition coefficient (Wildman–Crippen LogP) is 12.2. The van der Waals surface area contributed by atoms with Crippen LogP contribution in [0.2, 0.25) is 30.7 Å².